The number of hydrogen-bond donors (Lipinski definition) is 0. The molecule has 112 valence electrons. The Kier molecular flexibility index (Phi) is 4.41. The van der Waals surface area contributed by atoms with Crippen LogP contribution < -0.4 is 0 Å². The molecule has 1 heterocycles. The number of nitrogens with zero attached hydrogens (tertiary/aromatic N) is 2. The number of aryl methyl sites for hydroxylation is 1. The first-order valence-corrected chi connectivity index (χ1v) is 7.76. The number of ether oxygens (including phenoxy) is 1. The van der Waals surface area contributed by atoms with Crippen molar-refractivity contribution < 1.29 is 4.74 Å². The van der Waals surface area contributed by atoms with Crippen LogP contribution in [0.25, 0.3) is 0 Å². The second-order valence-corrected chi connectivity index (χ2v) is 7.37. The summed E-state index contributed by atoms with van der Waals surface area (Å²) in [5, 5.41) is -0.0622. The molecular formula is C16H25ClN2O. The zero-order valence-electron chi connectivity index (χ0n) is 13.2. The maximum atomic E-state index is 6.14. The first-order chi connectivity index (χ1) is 9.30. The first kappa shape index (κ1) is 15.7. The number of halogens is 1. The van der Waals surface area contributed by atoms with E-state index in [0.29, 0.717) is 5.41 Å². The van der Waals surface area contributed by atoms with Gasteiger partial charge in [-0.1, -0.05) is 13.8 Å². The minimum Gasteiger partial charge on any atom is -0.370 e. The molecule has 0 saturated heterocycles. The minimum atomic E-state index is -0.325. The standard InChI is InChI=1S/C16H25ClN2O/c1-11(17)13-10-18-14(19-12(13)2)16(20-5)8-6-15(3,4)7-9-16/h10-11H,6-9H2,1-5H3. The van der Waals surface area contributed by atoms with Crippen molar-refractivity contribution in [1.29, 1.82) is 0 Å². The van der Waals surface area contributed by atoms with Gasteiger partial charge in [-0.2, -0.15) is 0 Å². The second-order valence-electron chi connectivity index (χ2n) is 6.71. The van der Waals surface area contributed by atoms with E-state index in [4.69, 9.17) is 16.3 Å². The lowest BCUT2D eigenvalue weighted by Gasteiger charge is -2.41. The monoisotopic (exact) mass is 296 g/mol. The third-order valence-electron chi connectivity index (χ3n) is 4.66. The van der Waals surface area contributed by atoms with Gasteiger partial charge in [0.05, 0.1) is 5.38 Å². The van der Waals surface area contributed by atoms with Gasteiger partial charge in [0.15, 0.2) is 5.82 Å². The van der Waals surface area contributed by atoms with Crippen LogP contribution in [-0.4, -0.2) is 17.1 Å². The Morgan fingerprint density at radius 1 is 1.25 bits per heavy atom. The SMILES string of the molecule is COC1(c2ncc(C(C)Cl)c(C)n2)CCC(C)(C)CC1. The summed E-state index contributed by atoms with van der Waals surface area (Å²) in [6.07, 6.45) is 6.08. The Bertz CT molecular complexity index is 475. The van der Waals surface area contributed by atoms with Gasteiger partial charge in [0.2, 0.25) is 0 Å². The number of rotatable bonds is 3. The Morgan fingerprint density at radius 2 is 1.85 bits per heavy atom. The van der Waals surface area contributed by atoms with Gasteiger partial charge in [0, 0.05) is 24.6 Å². The molecule has 0 aromatic carbocycles. The van der Waals surface area contributed by atoms with Crippen molar-refractivity contribution in [2.45, 2.75) is 64.4 Å². The summed E-state index contributed by atoms with van der Waals surface area (Å²) in [4.78, 5) is 9.24. The van der Waals surface area contributed by atoms with Crippen LogP contribution >= 0.6 is 11.6 Å². The van der Waals surface area contributed by atoms with Crippen molar-refractivity contribution in [1.82, 2.24) is 9.97 Å². The molecule has 4 heteroatoms. The Labute approximate surface area is 127 Å². The van der Waals surface area contributed by atoms with E-state index in [-0.39, 0.29) is 11.0 Å². The number of methoxy groups -OCH3 is 1. The van der Waals surface area contributed by atoms with E-state index in [1.54, 1.807) is 7.11 Å². The zero-order valence-corrected chi connectivity index (χ0v) is 13.9. The lowest BCUT2D eigenvalue weighted by Crippen LogP contribution is -2.38. The molecule has 2 rings (SSSR count). The molecule has 1 aliphatic carbocycles. The fraction of sp³-hybridized carbons (Fsp3) is 0.750. The predicted molar refractivity (Wildman–Crippen MR) is 82.0 cm³/mol. The molecule has 1 saturated carbocycles. The summed E-state index contributed by atoms with van der Waals surface area (Å²) < 4.78 is 5.86. The van der Waals surface area contributed by atoms with Crippen molar-refractivity contribution >= 4 is 11.6 Å². The van der Waals surface area contributed by atoms with Crippen molar-refractivity contribution in [3.8, 4) is 0 Å². The maximum absolute atomic E-state index is 6.14. The van der Waals surface area contributed by atoms with Crippen LogP contribution in [0.4, 0.5) is 0 Å². The molecule has 0 bridgehead atoms. The molecule has 1 aromatic heterocycles. The van der Waals surface area contributed by atoms with Gasteiger partial charge in [-0.15, -0.1) is 11.6 Å². The molecule has 1 atom stereocenters. The molecule has 0 spiro atoms. The van der Waals surface area contributed by atoms with E-state index in [1.807, 2.05) is 20.0 Å². The number of hydrogen-bond acceptors (Lipinski definition) is 3. The molecule has 0 aliphatic heterocycles. The van der Waals surface area contributed by atoms with E-state index in [0.717, 1.165) is 42.8 Å². The lowest BCUT2D eigenvalue weighted by molar-refractivity contribution is -0.0730. The second kappa shape index (κ2) is 5.61. The minimum absolute atomic E-state index is 0.0622. The third-order valence-corrected chi connectivity index (χ3v) is 4.89. The average molecular weight is 297 g/mol. The number of aromatic nitrogens is 2. The van der Waals surface area contributed by atoms with Crippen LogP contribution in [-0.2, 0) is 10.3 Å². The van der Waals surface area contributed by atoms with E-state index < -0.39 is 0 Å². The highest BCUT2D eigenvalue weighted by atomic mass is 35.5. The molecule has 1 aromatic rings. The summed E-state index contributed by atoms with van der Waals surface area (Å²) in [5.41, 5.74) is 2.02. The Hall–Kier alpha value is -0.670. The molecule has 20 heavy (non-hydrogen) atoms. The van der Waals surface area contributed by atoms with Crippen molar-refractivity contribution in [2.75, 3.05) is 7.11 Å². The van der Waals surface area contributed by atoms with E-state index >= 15 is 0 Å². The highest BCUT2D eigenvalue weighted by Gasteiger charge is 2.42. The van der Waals surface area contributed by atoms with Gasteiger partial charge in [-0.3, -0.25) is 0 Å². The quantitative estimate of drug-likeness (QED) is 0.769. The van der Waals surface area contributed by atoms with Crippen LogP contribution in [0.5, 0.6) is 0 Å². The third kappa shape index (κ3) is 2.99. The van der Waals surface area contributed by atoms with Crippen LogP contribution in [0, 0.1) is 12.3 Å². The normalized spacial score (nSPS) is 22.5. The molecule has 0 radical (unpaired) electrons. The molecule has 3 nitrogen and oxygen atoms in total. The fourth-order valence-corrected chi connectivity index (χ4v) is 3.15. The topological polar surface area (TPSA) is 35.0 Å². The van der Waals surface area contributed by atoms with Gasteiger partial charge in [-0.25, -0.2) is 9.97 Å². The smallest absolute Gasteiger partial charge is 0.160 e. The summed E-state index contributed by atoms with van der Waals surface area (Å²) >= 11 is 6.14. The molecule has 1 unspecified atom stereocenters. The van der Waals surface area contributed by atoms with Gasteiger partial charge in [0.1, 0.15) is 5.60 Å². The Morgan fingerprint density at radius 3 is 2.30 bits per heavy atom. The largest absolute Gasteiger partial charge is 0.370 e. The lowest BCUT2D eigenvalue weighted by atomic mass is 9.70. The summed E-state index contributed by atoms with van der Waals surface area (Å²) in [7, 11) is 1.77. The maximum Gasteiger partial charge on any atom is 0.160 e. The van der Waals surface area contributed by atoms with Crippen molar-refractivity contribution in [3.63, 3.8) is 0 Å². The van der Waals surface area contributed by atoms with Crippen LogP contribution in [0.3, 0.4) is 0 Å². The van der Waals surface area contributed by atoms with Gasteiger partial charge >= 0.3 is 0 Å². The molecule has 1 aliphatic rings. The summed E-state index contributed by atoms with van der Waals surface area (Å²) in [5.74, 6) is 0.814. The van der Waals surface area contributed by atoms with Gasteiger partial charge in [0.25, 0.3) is 0 Å². The van der Waals surface area contributed by atoms with Gasteiger partial charge in [-0.05, 0) is 44.9 Å². The molecule has 1 fully saturated rings. The van der Waals surface area contributed by atoms with Crippen LogP contribution in [0.2, 0.25) is 0 Å². The highest BCUT2D eigenvalue weighted by Crippen LogP contribution is 2.46. The fourth-order valence-electron chi connectivity index (χ4n) is 2.94. The Balaban J connectivity index is 2.31. The molecule has 0 N–H and O–H groups in total. The highest BCUT2D eigenvalue weighted by molar-refractivity contribution is 6.20. The van der Waals surface area contributed by atoms with Crippen molar-refractivity contribution in [2.24, 2.45) is 5.41 Å². The average Bonchev–Trinajstić information content (AvgIpc) is 2.39. The van der Waals surface area contributed by atoms with E-state index in [2.05, 4.69) is 23.8 Å². The summed E-state index contributed by atoms with van der Waals surface area (Å²) in [6.45, 7) is 8.57. The molecule has 0 amide bonds. The predicted octanol–water partition coefficient (Wildman–Crippen LogP) is 4.53. The first-order valence-electron chi connectivity index (χ1n) is 7.33. The van der Waals surface area contributed by atoms with E-state index in [1.165, 1.54) is 0 Å². The molecular weight excluding hydrogens is 272 g/mol. The van der Waals surface area contributed by atoms with Crippen molar-refractivity contribution in [3.05, 3.63) is 23.3 Å². The van der Waals surface area contributed by atoms with E-state index in [9.17, 15) is 0 Å². The zero-order chi connectivity index (χ0) is 15.0. The van der Waals surface area contributed by atoms with Crippen LogP contribution in [0.15, 0.2) is 6.20 Å². The van der Waals surface area contributed by atoms with Crippen LogP contribution in [0.1, 0.15) is 68.9 Å². The van der Waals surface area contributed by atoms with Gasteiger partial charge < -0.3 is 4.74 Å². The number of alkyl halides is 1. The summed E-state index contributed by atoms with van der Waals surface area (Å²) in [6, 6.07) is 0.